The van der Waals surface area contributed by atoms with Crippen LogP contribution in [0.1, 0.15) is 28.8 Å². The Morgan fingerprint density at radius 2 is 2.40 bits per heavy atom. The molecular formula is C15H16ClNO2S. The summed E-state index contributed by atoms with van der Waals surface area (Å²) in [5.74, 6) is 7.68. The van der Waals surface area contributed by atoms with Gasteiger partial charge >= 0.3 is 0 Å². The maximum Gasteiger partial charge on any atom is 0.251 e. The predicted octanol–water partition coefficient (Wildman–Crippen LogP) is 2.31. The molecule has 3 nitrogen and oxygen atoms in total. The van der Waals surface area contributed by atoms with Gasteiger partial charge in [0.05, 0.1) is 11.6 Å². The van der Waals surface area contributed by atoms with Crippen molar-refractivity contribution in [1.29, 1.82) is 0 Å². The van der Waals surface area contributed by atoms with Gasteiger partial charge in [-0.1, -0.05) is 23.4 Å². The summed E-state index contributed by atoms with van der Waals surface area (Å²) in [7, 11) is 0. The molecule has 1 aromatic rings. The Morgan fingerprint density at radius 1 is 1.55 bits per heavy atom. The monoisotopic (exact) mass is 309 g/mol. The second kappa shape index (κ2) is 7.58. The van der Waals surface area contributed by atoms with Crippen molar-refractivity contribution in [2.45, 2.75) is 18.9 Å². The van der Waals surface area contributed by atoms with Crippen LogP contribution in [-0.2, 0) is 0 Å². The molecule has 1 fully saturated rings. The lowest BCUT2D eigenvalue weighted by Gasteiger charge is -2.11. The van der Waals surface area contributed by atoms with E-state index in [9.17, 15) is 4.79 Å². The predicted molar refractivity (Wildman–Crippen MR) is 83.2 cm³/mol. The molecule has 0 aromatic heterocycles. The normalized spacial score (nSPS) is 17.4. The van der Waals surface area contributed by atoms with Gasteiger partial charge in [0.25, 0.3) is 5.91 Å². The molecule has 1 amide bonds. The van der Waals surface area contributed by atoms with Crippen LogP contribution in [0.25, 0.3) is 0 Å². The molecule has 0 aliphatic carbocycles. The van der Waals surface area contributed by atoms with Gasteiger partial charge in [0, 0.05) is 29.3 Å². The molecule has 1 unspecified atom stereocenters. The number of carbonyl (C=O) groups excluding carboxylic acids is 1. The standard InChI is InChI=1S/C15H16ClNO2S/c16-14-9-12(5-4-11(14)3-1-2-7-18)15(19)17-13-6-8-20-10-13/h4-5,9,13,18H,2,6-8,10H2,(H,17,19). The smallest absolute Gasteiger partial charge is 0.251 e. The molecule has 2 N–H and O–H groups in total. The van der Waals surface area contributed by atoms with Gasteiger partial charge in [-0.05, 0) is 30.4 Å². The number of hydrogen-bond donors (Lipinski definition) is 2. The van der Waals surface area contributed by atoms with Gasteiger partial charge in [0.1, 0.15) is 0 Å². The molecule has 0 saturated carbocycles. The molecule has 1 heterocycles. The Morgan fingerprint density at radius 3 is 3.05 bits per heavy atom. The van der Waals surface area contributed by atoms with Gasteiger partial charge in [0.15, 0.2) is 0 Å². The van der Waals surface area contributed by atoms with Gasteiger partial charge in [-0.2, -0.15) is 11.8 Å². The summed E-state index contributed by atoms with van der Waals surface area (Å²) in [6.45, 7) is 0.0323. The van der Waals surface area contributed by atoms with Crippen LogP contribution in [-0.4, -0.2) is 35.2 Å². The Balaban J connectivity index is 2.04. The number of halogens is 1. The van der Waals surface area contributed by atoms with E-state index in [2.05, 4.69) is 17.2 Å². The van der Waals surface area contributed by atoms with E-state index in [1.807, 2.05) is 11.8 Å². The van der Waals surface area contributed by atoms with E-state index in [1.54, 1.807) is 18.2 Å². The van der Waals surface area contributed by atoms with Gasteiger partial charge in [-0.25, -0.2) is 0 Å². The molecule has 1 atom stereocenters. The molecule has 2 rings (SSSR count). The van der Waals surface area contributed by atoms with Crippen LogP contribution in [0.15, 0.2) is 18.2 Å². The first-order valence-corrected chi connectivity index (χ1v) is 8.02. The lowest BCUT2D eigenvalue weighted by atomic mass is 10.1. The fourth-order valence-electron chi connectivity index (χ4n) is 1.89. The number of thioether (sulfide) groups is 1. The van der Waals surface area contributed by atoms with Crippen molar-refractivity contribution in [3.63, 3.8) is 0 Å². The van der Waals surface area contributed by atoms with Crippen molar-refractivity contribution in [3.8, 4) is 11.8 Å². The molecule has 1 saturated heterocycles. The molecule has 1 aliphatic rings. The van der Waals surface area contributed by atoms with Gasteiger partial charge in [0.2, 0.25) is 0 Å². The fraction of sp³-hybridized carbons (Fsp3) is 0.400. The Bertz CT molecular complexity index is 545. The van der Waals surface area contributed by atoms with Crippen LogP contribution in [0.3, 0.4) is 0 Å². The first-order valence-electron chi connectivity index (χ1n) is 6.48. The Kier molecular flexibility index (Phi) is 5.78. The summed E-state index contributed by atoms with van der Waals surface area (Å²) >= 11 is 7.98. The third kappa shape index (κ3) is 4.17. The molecule has 1 aromatic carbocycles. The number of aliphatic hydroxyl groups is 1. The molecule has 1 aliphatic heterocycles. The van der Waals surface area contributed by atoms with Crippen LogP contribution in [0.5, 0.6) is 0 Å². The van der Waals surface area contributed by atoms with Gasteiger partial charge < -0.3 is 10.4 Å². The third-order valence-corrected chi connectivity index (χ3v) is 4.43. The van der Waals surface area contributed by atoms with Crippen LogP contribution in [0, 0.1) is 11.8 Å². The minimum absolute atomic E-state index is 0.0323. The molecule has 5 heteroatoms. The molecule has 20 heavy (non-hydrogen) atoms. The fourth-order valence-corrected chi connectivity index (χ4v) is 3.27. The summed E-state index contributed by atoms with van der Waals surface area (Å²) in [6, 6.07) is 5.37. The van der Waals surface area contributed by atoms with Gasteiger partial charge in [-0.3, -0.25) is 4.79 Å². The third-order valence-electron chi connectivity index (χ3n) is 2.96. The second-order valence-electron chi connectivity index (χ2n) is 4.50. The van der Waals surface area contributed by atoms with Crippen LogP contribution in [0.2, 0.25) is 5.02 Å². The lowest BCUT2D eigenvalue weighted by Crippen LogP contribution is -2.34. The van der Waals surface area contributed by atoms with Crippen LogP contribution >= 0.6 is 23.4 Å². The Hall–Kier alpha value is -1.15. The maximum absolute atomic E-state index is 12.1. The van der Waals surface area contributed by atoms with E-state index in [-0.39, 0.29) is 18.6 Å². The number of carbonyl (C=O) groups is 1. The molecule has 0 radical (unpaired) electrons. The van der Waals surface area contributed by atoms with E-state index >= 15 is 0 Å². The zero-order valence-corrected chi connectivity index (χ0v) is 12.6. The summed E-state index contributed by atoms with van der Waals surface area (Å²) in [5, 5.41) is 12.1. The average Bonchev–Trinajstić information content (AvgIpc) is 2.93. The summed E-state index contributed by atoms with van der Waals surface area (Å²) in [5.41, 5.74) is 1.23. The average molecular weight is 310 g/mol. The minimum atomic E-state index is -0.0886. The molecular weight excluding hydrogens is 294 g/mol. The zero-order chi connectivity index (χ0) is 14.4. The van der Waals surface area contributed by atoms with Crippen molar-refractivity contribution in [2.24, 2.45) is 0 Å². The van der Waals surface area contributed by atoms with Crippen molar-refractivity contribution in [3.05, 3.63) is 34.3 Å². The number of benzene rings is 1. The highest BCUT2D eigenvalue weighted by Gasteiger charge is 2.18. The number of aliphatic hydroxyl groups excluding tert-OH is 1. The van der Waals surface area contributed by atoms with Crippen molar-refractivity contribution in [2.75, 3.05) is 18.1 Å². The molecule has 0 bridgehead atoms. The topological polar surface area (TPSA) is 49.3 Å². The quantitative estimate of drug-likeness (QED) is 0.842. The summed E-state index contributed by atoms with van der Waals surface area (Å²) in [4.78, 5) is 12.1. The van der Waals surface area contributed by atoms with E-state index in [1.165, 1.54) is 0 Å². The van der Waals surface area contributed by atoms with Crippen molar-refractivity contribution >= 4 is 29.3 Å². The first kappa shape index (κ1) is 15.2. The summed E-state index contributed by atoms with van der Waals surface area (Å²) in [6.07, 6.45) is 1.44. The Labute approximate surface area is 128 Å². The highest BCUT2D eigenvalue weighted by molar-refractivity contribution is 7.99. The summed E-state index contributed by atoms with van der Waals surface area (Å²) < 4.78 is 0. The highest BCUT2D eigenvalue weighted by Crippen LogP contribution is 2.19. The van der Waals surface area contributed by atoms with Crippen molar-refractivity contribution < 1.29 is 9.90 Å². The van der Waals surface area contributed by atoms with E-state index in [0.717, 1.165) is 17.9 Å². The lowest BCUT2D eigenvalue weighted by molar-refractivity contribution is 0.0941. The molecule has 106 valence electrons. The zero-order valence-electron chi connectivity index (χ0n) is 11.0. The van der Waals surface area contributed by atoms with Crippen LogP contribution in [0.4, 0.5) is 0 Å². The second-order valence-corrected chi connectivity index (χ2v) is 6.06. The highest BCUT2D eigenvalue weighted by atomic mass is 35.5. The van der Waals surface area contributed by atoms with E-state index < -0.39 is 0 Å². The van der Waals surface area contributed by atoms with Crippen molar-refractivity contribution in [1.82, 2.24) is 5.32 Å². The number of nitrogens with one attached hydrogen (secondary N) is 1. The molecule has 0 spiro atoms. The van der Waals surface area contributed by atoms with E-state index in [4.69, 9.17) is 16.7 Å². The minimum Gasteiger partial charge on any atom is -0.395 e. The largest absolute Gasteiger partial charge is 0.395 e. The first-order chi connectivity index (χ1) is 9.70. The van der Waals surface area contributed by atoms with Crippen LogP contribution < -0.4 is 5.32 Å². The number of hydrogen-bond acceptors (Lipinski definition) is 3. The van der Waals surface area contributed by atoms with Gasteiger partial charge in [-0.15, -0.1) is 0 Å². The SMILES string of the molecule is O=C(NC1CCSC1)c1ccc(C#CCCO)c(Cl)c1. The maximum atomic E-state index is 12.1. The number of rotatable bonds is 3. The number of amides is 1. The van der Waals surface area contributed by atoms with E-state index in [0.29, 0.717) is 22.6 Å².